The molecule has 1 aliphatic rings. The van der Waals surface area contributed by atoms with Gasteiger partial charge in [0.25, 0.3) is 0 Å². The molecule has 0 fully saturated rings. The lowest BCUT2D eigenvalue weighted by molar-refractivity contribution is 0.256. The number of rotatable bonds is 3. The van der Waals surface area contributed by atoms with Gasteiger partial charge < -0.3 is 0 Å². The smallest absolute Gasteiger partial charge is 0.0852 e. The number of hydrogen-bond acceptors (Lipinski definition) is 1. The fourth-order valence-corrected chi connectivity index (χ4v) is 3.55. The molecule has 2 nitrogen and oxygen atoms in total. The zero-order valence-corrected chi connectivity index (χ0v) is 14.7. The van der Waals surface area contributed by atoms with Crippen LogP contribution < -0.4 is 0 Å². The first-order chi connectivity index (χ1) is 11.0. The van der Waals surface area contributed by atoms with Gasteiger partial charge in [-0.1, -0.05) is 49.2 Å². The van der Waals surface area contributed by atoms with Crippen LogP contribution in [-0.4, -0.2) is 9.78 Å². The highest BCUT2D eigenvalue weighted by Crippen LogP contribution is 2.41. The second-order valence-electron chi connectivity index (χ2n) is 6.98. The van der Waals surface area contributed by atoms with E-state index in [-0.39, 0.29) is 0 Å². The Morgan fingerprint density at radius 1 is 1.30 bits per heavy atom. The monoisotopic (exact) mass is 326 g/mol. The van der Waals surface area contributed by atoms with Gasteiger partial charge in [-0.15, -0.1) is 0 Å². The van der Waals surface area contributed by atoms with E-state index in [1.54, 1.807) is 0 Å². The number of nitrogens with zero attached hydrogens (tertiary/aromatic N) is 2. The first-order valence-corrected chi connectivity index (χ1v) is 8.50. The van der Waals surface area contributed by atoms with Crippen LogP contribution >= 0.6 is 11.6 Å². The van der Waals surface area contributed by atoms with Crippen molar-refractivity contribution < 1.29 is 0 Å². The molecule has 0 N–H and O–H groups in total. The predicted molar refractivity (Wildman–Crippen MR) is 97.9 cm³/mol. The average molecular weight is 327 g/mol. The van der Waals surface area contributed by atoms with Gasteiger partial charge in [0.1, 0.15) is 0 Å². The van der Waals surface area contributed by atoms with E-state index in [2.05, 4.69) is 44.1 Å². The lowest BCUT2D eigenvalue weighted by Crippen LogP contribution is -2.26. The van der Waals surface area contributed by atoms with Gasteiger partial charge in [-0.05, 0) is 55.5 Å². The Labute approximate surface area is 143 Å². The second kappa shape index (κ2) is 6.37. The third-order valence-corrected chi connectivity index (χ3v) is 4.96. The number of aromatic nitrogens is 2. The molecular formula is C20H23ClN2. The summed E-state index contributed by atoms with van der Waals surface area (Å²) in [7, 11) is 0. The van der Waals surface area contributed by atoms with Crippen LogP contribution in [0.3, 0.4) is 0 Å². The molecule has 1 aromatic heterocycles. The van der Waals surface area contributed by atoms with E-state index in [1.165, 1.54) is 18.4 Å². The molecule has 3 heteroatoms. The van der Waals surface area contributed by atoms with Crippen molar-refractivity contribution in [3.05, 3.63) is 65.0 Å². The van der Waals surface area contributed by atoms with Crippen molar-refractivity contribution in [3.63, 3.8) is 0 Å². The summed E-state index contributed by atoms with van der Waals surface area (Å²) in [6, 6.07) is 9.76. The summed E-state index contributed by atoms with van der Waals surface area (Å²) in [4.78, 5) is 0. The minimum atomic E-state index is 0.310. The summed E-state index contributed by atoms with van der Waals surface area (Å²) in [5, 5.41) is 5.35. The predicted octanol–water partition coefficient (Wildman–Crippen LogP) is 5.92. The lowest BCUT2D eigenvalue weighted by Gasteiger charge is -2.36. The Morgan fingerprint density at radius 2 is 2.13 bits per heavy atom. The highest BCUT2D eigenvalue weighted by atomic mass is 35.5. The largest absolute Gasteiger partial charge is 0.240 e. The number of allylic oxidation sites excluding steroid dienone is 3. The molecule has 0 saturated carbocycles. The molecule has 120 valence electrons. The fourth-order valence-electron chi connectivity index (χ4n) is 3.37. The topological polar surface area (TPSA) is 17.8 Å². The maximum atomic E-state index is 6.05. The molecule has 1 unspecified atom stereocenters. The SMILES string of the molecule is CC1=CCCC(C)(C)C1/C=C/c1ccn(-c2cccc(Cl)c2)n1. The quantitative estimate of drug-likeness (QED) is 0.640. The lowest BCUT2D eigenvalue weighted by atomic mass is 9.68. The highest BCUT2D eigenvalue weighted by molar-refractivity contribution is 6.30. The molecule has 1 aliphatic carbocycles. The summed E-state index contributed by atoms with van der Waals surface area (Å²) >= 11 is 6.05. The summed E-state index contributed by atoms with van der Waals surface area (Å²) in [5.41, 5.74) is 3.72. The van der Waals surface area contributed by atoms with Gasteiger partial charge in [0.05, 0.1) is 11.4 Å². The van der Waals surface area contributed by atoms with E-state index in [1.807, 2.05) is 41.2 Å². The average Bonchev–Trinajstić information content (AvgIpc) is 2.95. The zero-order valence-electron chi connectivity index (χ0n) is 14.0. The Balaban J connectivity index is 1.81. The first-order valence-electron chi connectivity index (χ1n) is 8.12. The number of hydrogen-bond donors (Lipinski definition) is 0. The van der Waals surface area contributed by atoms with Crippen molar-refractivity contribution in [2.24, 2.45) is 11.3 Å². The van der Waals surface area contributed by atoms with Crippen LogP contribution in [0.15, 0.2) is 54.3 Å². The van der Waals surface area contributed by atoms with Crippen molar-refractivity contribution >= 4 is 17.7 Å². The number of halogens is 1. The van der Waals surface area contributed by atoms with Crippen molar-refractivity contribution in [3.8, 4) is 5.69 Å². The molecule has 0 spiro atoms. The maximum Gasteiger partial charge on any atom is 0.0852 e. The van der Waals surface area contributed by atoms with E-state index in [9.17, 15) is 0 Å². The Bertz CT molecular complexity index is 753. The Morgan fingerprint density at radius 3 is 2.87 bits per heavy atom. The third-order valence-electron chi connectivity index (χ3n) is 4.73. The molecule has 3 rings (SSSR count). The molecule has 23 heavy (non-hydrogen) atoms. The van der Waals surface area contributed by atoms with Crippen LogP contribution in [0, 0.1) is 11.3 Å². The molecule has 1 atom stereocenters. The van der Waals surface area contributed by atoms with Crippen LogP contribution in [0.5, 0.6) is 0 Å². The fraction of sp³-hybridized carbons (Fsp3) is 0.350. The summed E-state index contributed by atoms with van der Waals surface area (Å²) < 4.78 is 1.86. The van der Waals surface area contributed by atoms with Crippen molar-refractivity contribution in [2.45, 2.75) is 33.6 Å². The van der Waals surface area contributed by atoms with Crippen molar-refractivity contribution in [1.82, 2.24) is 9.78 Å². The van der Waals surface area contributed by atoms with Crippen LogP contribution in [0.2, 0.25) is 5.02 Å². The van der Waals surface area contributed by atoms with Crippen LogP contribution in [-0.2, 0) is 0 Å². The van der Waals surface area contributed by atoms with E-state index in [0.29, 0.717) is 11.3 Å². The molecule has 1 aromatic carbocycles. The van der Waals surface area contributed by atoms with E-state index in [4.69, 9.17) is 11.6 Å². The standard InChI is InChI=1S/C20H23ClN2/c1-15-6-5-12-20(2,3)19(15)10-9-17-11-13-23(22-17)18-8-4-7-16(21)14-18/h4,6-11,13-14,19H,5,12H2,1-3H3/b10-9+. The van der Waals surface area contributed by atoms with Gasteiger partial charge in [-0.25, -0.2) is 4.68 Å². The maximum absolute atomic E-state index is 6.05. The van der Waals surface area contributed by atoms with Crippen molar-refractivity contribution in [2.75, 3.05) is 0 Å². The summed E-state index contributed by atoms with van der Waals surface area (Å²) in [6.07, 6.45) is 11.2. The molecule has 0 aliphatic heterocycles. The van der Waals surface area contributed by atoms with Gasteiger partial charge in [0.15, 0.2) is 0 Å². The van der Waals surface area contributed by atoms with E-state index < -0.39 is 0 Å². The van der Waals surface area contributed by atoms with Crippen LogP contribution in [0.4, 0.5) is 0 Å². The van der Waals surface area contributed by atoms with Gasteiger partial charge in [-0.2, -0.15) is 5.10 Å². The van der Waals surface area contributed by atoms with E-state index in [0.717, 1.165) is 16.4 Å². The summed E-state index contributed by atoms with van der Waals surface area (Å²) in [5.74, 6) is 0.479. The third kappa shape index (κ3) is 3.59. The molecule has 0 radical (unpaired) electrons. The Kier molecular flexibility index (Phi) is 4.45. The minimum absolute atomic E-state index is 0.310. The Hall–Kier alpha value is -1.80. The molecule has 2 aromatic rings. The van der Waals surface area contributed by atoms with Gasteiger partial charge in [0.2, 0.25) is 0 Å². The minimum Gasteiger partial charge on any atom is -0.240 e. The molecule has 0 bridgehead atoms. The van der Waals surface area contributed by atoms with Crippen LogP contribution in [0.25, 0.3) is 11.8 Å². The van der Waals surface area contributed by atoms with Crippen LogP contribution in [0.1, 0.15) is 39.3 Å². The molecule has 0 amide bonds. The van der Waals surface area contributed by atoms with E-state index >= 15 is 0 Å². The number of benzene rings is 1. The zero-order chi connectivity index (χ0) is 16.4. The highest BCUT2D eigenvalue weighted by Gasteiger charge is 2.30. The van der Waals surface area contributed by atoms with Gasteiger partial charge in [-0.3, -0.25) is 0 Å². The molecule has 0 saturated heterocycles. The van der Waals surface area contributed by atoms with Gasteiger partial charge >= 0.3 is 0 Å². The molecule has 1 heterocycles. The second-order valence-corrected chi connectivity index (χ2v) is 7.41. The first kappa shape index (κ1) is 16.1. The van der Waals surface area contributed by atoms with Gasteiger partial charge in [0, 0.05) is 17.1 Å². The molecular weight excluding hydrogens is 304 g/mol. The van der Waals surface area contributed by atoms with Crippen molar-refractivity contribution in [1.29, 1.82) is 0 Å². The normalized spacial score (nSPS) is 20.7. The summed E-state index contributed by atoms with van der Waals surface area (Å²) in [6.45, 7) is 6.94.